The third-order valence-electron chi connectivity index (χ3n) is 2.35. The Morgan fingerprint density at radius 1 is 1.11 bits per heavy atom. The lowest BCUT2D eigenvalue weighted by Crippen LogP contribution is -2.27. The number of rotatable bonds is 7. The summed E-state index contributed by atoms with van der Waals surface area (Å²) in [5, 5.41) is 7.28. The van der Waals surface area contributed by atoms with E-state index in [0.717, 1.165) is 24.3 Å². The summed E-state index contributed by atoms with van der Waals surface area (Å²) in [5.41, 5.74) is 12.3. The Morgan fingerprint density at radius 2 is 1.68 bits per heavy atom. The second kappa shape index (κ2) is 8.61. The maximum Gasteiger partial charge on any atom is 0.211 e. The number of nitrogens with two attached hydrogens (primary N) is 2. The van der Waals surface area contributed by atoms with Crippen molar-refractivity contribution in [3.05, 3.63) is 29.8 Å². The fraction of sp³-hybridized carbons (Fsp3) is 0.333. The summed E-state index contributed by atoms with van der Waals surface area (Å²) < 4.78 is 0. The van der Waals surface area contributed by atoms with Crippen molar-refractivity contribution in [1.29, 1.82) is 0 Å². The molecule has 0 amide bonds. The Balaban J connectivity index is 2.74. The van der Waals surface area contributed by atoms with Crippen molar-refractivity contribution in [2.75, 3.05) is 29.7 Å². The van der Waals surface area contributed by atoms with Crippen LogP contribution in [0.15, 0.2) is 34.5 Å². The zero-order valence-electron chi connectivity index (χ0n) is 10.5. The monoisotopic (exact) mass is 301 g/mol. The molecule has 0 aliphatic rings. The number of alkyl halides is 2. The Labute approximate surface area is 122 Å². The van der Waals surface area contributed by atoms with Gasteiger partial charge in [-0.3, -0.25) is 0 Å². The van der Waals surface area contributed by atoms with Crippen LogP contribution in [0.5, 0.6) is 0 Å². The van der Waals surface area contributed by atoms with Crippen LogP contribution < -0.4 is 16.4 Å². The van der Waals surface area contributed by atoms with E-state index in [-0.39, 0.29) is 5.96 Å². The van der Waals surface area contributed by atoms with Gasteiger partial charge in [-0.15, -0.1) is 28.3 Å². The van der Waals surface area contributed by atoms with Gasteiger partial charge in [0, 0.05) is 30.5 Å². The first-order valence-corrected chi connectivity index (χ1v) is 6.83. The molecular formula is C12H17Cl2N5. The molecule has 0 bridgehead atoms. The number of guanidine groups is 1. The highest BCUT2D eigenvalue weighted by Gasteiger charge is 2.04. The smallest absolute Gasteiger partial charge is 0.211 e. The number of benzene rings is 1. The van der Waals surface area contributed by atoms with Crippen LogP contribution in [0.4, 0.5) is 5.69 Å². The predicted molar refractivity (Wildman–Crippen MR) is 83.5 cm³/mol. The average molecular weight is 302 g/mol. The summed E-state index contributed by atoms with van der Waals surface area (Å²) >= 11 is 11.5. The summed E-state index contributed by atoms with van der Waals surface area (Å²) in [4.78, 5) is 2.12. The van der Waals surface area contributed by atoms with Gasteiger partial charge in [-0.05, 0) is 17.7 Å². The number of anilines is 1. The molecule has 0 heterocycles. The highest BCUT2D eigenvalue weighted by atomic mass is 35.5. The standard InChI is InChI=1S/C12H17Cl2N5/c13-5-7-19(8-6-14)11-3-1-10(2-4-11)9-17-18-12(15)16/h1-4,9H,5-8H2,(H4,15,16,18). The average Bonchev–Trinajstić information content (AvgIpc) is 2.39. The number of halogens is 2. The second-order valence-corrected chi connectivity index (χ2v) is 4.48. The third kappa shape index (κ3) is 5.81. The van der Waals surface area contributed by atoms with E-state index >= 15 is 0 Å². The lowest BCUT2D eigenvalue weighted by atomic mass is 10.2. The molecule has 5 nitrogen and oxygen atoms in total. The van der Waals surface area contributed by atoms with Gasteiger partial charge < -0.3 is 16.4 Å². The molecule has 0 fully saturated rings. The van der Waals surface area contributed by atoms with Gasteiger partial charge >= 0.3 is 0 Å². The van der Waals surface area contributed by atoms with Gasteiger partial charge in [0.1, 0.15) is 0 Å². The van der Waals surface area contributed by atoms with Crippen molar-refractivity contribution in [3.8, 4) is 0 Å². The van der Waals surface area contributed by atoms with Gasteiger partial charge in [-0.25, -0.2) is 0 Å². The van der Waals surface area contributed by atoms with Crippen LogP contribution in [0.1, 0.15) is 5.56 Å². The molecule has 1 rings (SSSR count). The van der Waals surface area contributed by atoms with E-state index in [0.29, 0.717) is 11.8 Å². The van der Waals surface area contributed by atoms with E-state index in [1.54, 1.807) is 6.21 Å². The molecule has 0 aliphatic carbocycles. The molecule has 104 valence electrons. The summed E-state index contributed by atoms with van der Waals surface area (Å²) in [6, 6.07) is 7.82. The van der Waals surface area contributed by atoms with Gasteiger partial charge in [-0.2, -0.15) is 5.10 Å². The molecule has 1 aromatic rings. The van der Waals surface area contributed by atoms with E-state index < -0.39 is 0 Å². The van der Waals surface area contributed by atoms with Gasteiger partial charge in [-0.1, -0.05) is 12.1 Å². The van der Waals surface area contributed by atoms with Crippen LogP contribution in [-0.2, 0) is 0 Å². The Hall–Kier alpha value is -1.46. The van der Waals surface area contributed by atoms with E-state index in [4.69, 9.17) is 34.7 Å². The SMILES string of the molecule is NC(N)=NN=Cc1ccc(N(CCCl)CCCl)cc1. The first-order valence-electron chi connectivity index (χ1n) is 5.76. The van der Waals surface area contributed by atoms with Crippen molar-refractivity contribution in [3.63, 3.8) is 0 Å². The fourth-order valence-corrected chi connectivity index (χ4v) is 1.92. The Morgan fingerprint density at radius 3 is 2.16 bits per heavy atom. The van der Waals surface area contributed by atoms with Gasteiger partial charge in [0.05, 0.1) is 6.21 Å². The minimum atomic E-state index is -0.0664. The molecule has 4 N–H and O–H groups in total. The van der Waals surface area contributed by atoms with Crippen molar-refractivity contribution in [2.24, 2.45) is 21.7 Å². The maximum absolute atomic E-state index is 5.77. The fourth-order valence-electron chi connectivity index (χ4n) is 1.51. The summed E-state index contributed by atoms with van der Waals surface area (Å²) in [6.07, 6.45) is 1.58. The topological polar surface area (TPSA) is 80.0 Å². The summed E-state index contributed by atoms with van der Waals surface area (Å²) in [6.45, 7) is 1.52. The van der Waals surface area contributed by atoms with Crippen LogP contribution in [0.3, 0.4) is 0 Å². The normalized spacial score (nSPS) is 10.6. The molecule has 0 saturated heterocycles. The first-order chi connectivity index (χ1) is 9.17. The number of nitrogens with zero attached hydrogens (tertiary/aromatic N) is 3. The lowest BCUT2D eigenvalue weighted by molar-refractivity contribution is 0.874. The van der Waals surface area contributed by atoms with Crippen molar-refractivity contribution < 1.29 is 0 Å². The molecule has 0 atom stereocenters. The van der Waals surface area contributed by atoms with Gasteiger partial charge in [0.2, 0.25) is 5.96 Å². The minimum Gasteiger partial charge on any atom is -0.369 e. The molecule has 19 heavy (non-hydrogen) atoms. The molecule has 7 heteroatoms. The van der Waals surface area contributed by atoms with Crippen LogP contribution in [-0.4, -0.2) is 37.0 Å². The van der Waals surface area contributed by atoms with E-state index in [2.05, 4.69) is 15.1 Å². The highest BCUT2D eigenvalue weighted by molar-refractivity contribution is 6.18. The van der Waals surface area contributed by atoms with Gasteiger partial charge in [0.25, 0.3) is 0 Å². The zero-order valence-corrected chi connectivity index (χ0v) is 12.0. The summed E-state index contributed by atoms with van der Waals surface area (Å²) in [7, 11) is 0. The van der Waals surface area contributed by atoms with Crippen LogP contribution in [0, 0.1) is 0 Å². The molecule has 0 saturated carbocycles. The summed E-state index contributed by atoms with van der Waals surface area (Å²) in [5.74, 6) is 1.05. The van der Waals surface area contributed by atoms with Crippen molar-refractivity contribution in [1.82, 2.24) is 0 Å². The molecule has 0 unspecified atom stereocenters. The first kappa shape index (κ1) is 15.6. The van der Waals surface area contributed by atoms with Crippen LogP contribution in [0.2, 0.25) is 0 Å². The van der Waals surface area contributed by atoms with Crippen molar-refractivity contribution >= 4 is 41.1 Å². The molecular weight excluding hydrogens is 285 g/mol. The van der Waals surface area contributed by atoms with Gasteiger partial charge in [0.15, 0.2) is 0 Å². The maximum atomic E-state index is 5.77. The van der Waals surface area contributed by atoms with Crippen LogP contribution >= 0.6 is 23.2 Å². The van der Waals surface area contributed by atoms with Crippen molar-refractivity contribution in [2.45, 2.75) is 0 Å². The quantitative estimate of drug-likeness (QED) is 0.347. The predicted octanol–water partition coefficient (Wildman–Crippen LogP) is 1.58. The molecule has 0 spiro atoms. The Bertz CT molecular complexity index is 420. The zero-order chi connectivity index (χ0) is 14.1. The second-order valence-electron chi connectivity index (χ2n) is 3.73. The van der Waals surface area contributed by atoms with E-state index in [1.807, 2.05) is 24.3 Å². The Kier molecular flexibility index (Phi) is 7.07. The third-order valence-corrected chi connectivity index (χ3v) is 2.69. The number of hydrogen-bond acceptors (Lipinski definition) is 3. The van der Waals surface area contributed by atoms with E-state index in [1.165, 1.54) is 0 Å². The minimum absolute atomic E-state index is 0.0664. The molecule has 1 aromatic carbocycles. The van der Waals surface area contributed by atoms with Crippen LogP contribution in [0.25, 0.3) is 0 Å². The van der Waals surface area contributed by atoms with E-state index in [9.17, 15) is 0 Å². The number of hydrogen-bond donors (Lipinski definition) is 2. The largest absolute Gasteiger partial charge is 0.369 e. The molecule has 0 aromatic heterocycles. The molecule has 0 radical (unpaired) electrons. The lowest BCUT2D eigenvalue weighted by Gasteiger charge is -2.22. The highest BCUT2D eigenvalue weighted by Crippen LogP contribution is 2.14. The molecule has 0 aliphatic heterocycles.